The summed E-state index contributed by atoms with van der Waals surface area (Å²) in [5, 5.41) is 7.31. The highest BCUT2D eigenvalue weighted by molar-refractivity contribution is 7.98. The summed E-state index contributed by atoms with van der Waals surface area (Å²) in [7, 11) is 0. The maximum Gasteiger partial charge on any atom is 0.171 e. The third-order valence-electron chi connectivity index (χ3n) is 4.60. The van der Waals surface area contributed by atoms with Gasteiger partial charge in [-0.2, -0.15) is 0 Å². The Kier molecular flexibility index (Phi) is 7.12. The van der Waals surface area contributed by atoms with Crippen LogP contribution in [0.2, 0.25) is 0 Å². The van der Waals surface area contributed by atoms with Crippen LogP contribution in [0.15, 0.2) is 77.7 Å². The van der Waals surface area contributed by atoms with E-state index in [0.717, 1.165) is 11.4 Å². The van der Waals surface area contributed by atoms with Crippen LogP contribution in [0.1, 0.15) is 35.2 Å². The summed E-state index contributed by atoms with van der Waals surface area (Å²) in [6.07, 6.45) is 0. The van der Waals surface area contributed by atoms with Crippen molar-refractivity contribution in [2.24, 2.45) is 0 Å². The third kappa shape index (κ3) is 5.85. The Morgan fingerprint density at radius 3 is 2.36 bits per heavy atom. The van der Waals surface area contributed by atoms with Crippen molar-refractivity contribution in [1.82, 2.24) is 5.32 Å². The van der Waals surface area contributed by atoms with Crippen molar-refractivity contribution in [2.75, 3.05) is 5.32 Å². The molecule has 0 radical (unpaired) electrons. The fraction of sp³-hybridized carbons (Fsp3) is 0.208. The Balaban J connectivity index is 1.52. The summed E-state index contributed by atoms with van der Waals surface area (Å²) >= 11 is 7.35. The average molecular weight is 407 g/mol. The van der Waals surface area contributed by atoms with Crippen LogP contribution < -0.4 is 10.6 Å². The number of thioether (sulfide) groups is 1. The van der Waals surface area contributed by atoms with Crippen molar-refractivity contribution in [2.45, 2.75) is 37.5 Å². The van der Waals surface area contributed by atoms with Gasteiger partial charge in [0.05, 0.1) is 6.04 Å². The maximum atomic E-state index is 5.50. The zero-order valence-corrected chi connectivity index (χ0v) is 18.2. The average Bonchev–Trinajstić information content (AvgIpc) is 2.68. The van der Waals surface area contributed by atoms with Gasteiger partial charge >= 0.3 is 0 Å². The summed E-state index contributed by atoms with van der Waals surface area (Å²) in [6, 6.07) is 25.6. The number of hydrogen-bond donors (Lipinski definition) is 2. The van der Waals surface area contributed by atoms with Gasteiger partial charge in [0, 0.05) is 16.3 Å². The van der Waals surface area contributed by atoms with Crippen molar-refractivity contribution in [3.05, 3.63) is 95.1 Å². The highest BCUT2D eigenvalue weighted by atomic mass is 32.2. The smallest absolute Gasteiger partial charge is 0.171 e. The van der Waals surface area contributed by atoms with E-state index >= 15 is 0 Å². The highest BCUT2D eigenvalue weighted by Gasteiger charge is 2.10. The second-order valence-corrected chi connectivity index (χ2v) is 8.44. The maximum absolute atomic E-state index is 5.50. The molecule has 4 heteroatoms. The Labute approximate surface area is 177 Å². The minimum Gasteiger partial charge on any atom is -0.356 e. The lowest BCUT2D eigenvalue weighted by Crippen LogP contribution is -2.31. The predicted octanol–water partition coefficient (Wildman–Crippen LogP) is 6.64. The van der Waals surface area contributed by atoms with E-state index < -0.39 is 0 Å². The molecule has 0 heterocycles. The van der Waals surface area contributed by atoms with E-state index in [1.165, 1.54) is 27.1 Å². The molecule has 0 aromatic heterocycles. The van der Waals surface area contributed by atoms with Gasteiger partial charge in [0.15, 0.2) is 5.11 Å². The minimum absolute atomic E-state index is 0.155. The molecule has 3 aromatic rings. The van der Waals surface area contributed by atoms with Crippen molar-refractivity contribution in [1.29, 1.82) is 0 Å². The van der Waals surface area contributed by atoms with Gasteiger partial charge < -0.3 is 10.6 Å². The largest absolute Gasteiger partial charge is 0.356 e. The number of hydrogen-bond acceptors (Lipinski definition) is 2. The molecule has 0 spiro atoms. The number of nitrogens with one attached hydrogen (secondary N) is 2. The lowest BCUT2D eigenvalue weighted by atomic mass is 10.0. The summed E-state index contributed by atoms with van der Waals surface area (Å²) in [5.74, 6) is 0.955. The minimum atomic E-state index is 0.155. The zero-order chi connectivity index (χ0) is 19.9. The molecule has 1 atom stereocenters. The topological polar surface area (TPSA) is 24.1 Å². The van der Waals surface area contributed by atoms with Crippen LogP contribution in [0.3, 0.4) is 0 Å². The van der Waals surface area contributed by atoms with E-state index in [1.54, 1.807) is 0 Å². The molecule has 28 heavy (non-hydrogen) atoms. The molecule has 3 rings (SSSR count). The SMILES string of the molecule is Cc1ccc([C@@H](C)NC(=S)Nc2ccc(CSc3ccccc3)cc2)c(C)c1. The van der Waals surface area contributed by atoms with Crippen LogP contribution in [0, 0.1) is 13.8 Å². The molecule has 0 bridgehead atoms. The Bertz CT molecular complexity index is 921. The molecule has 2 N–H and O–H groups in total. The fourth-order valence-corrected chi connectivity index (χ4v) is 4.29. The van der Waals surface area contributed by atoms with Crippen molar-refractivity contribution in [3.8, 4) is 0 Å². The first kappa shape index (κ1) is 20.4. The lowest BCUT2D eigenvalue weighted by molar-refractivity contribution is 0.717. The van der Waals surface area contributed by atoms with Crippen LogP contribution >= 0.6 is 24.0 Å². The molecule has 0 unspecified atom stereocenters. The summed E-state index contributed by atoms with van der Waals surface area (Å²) in [5.41, 5.74) is 6.12. The number of thiocarbonyl (C=S) groups is 1. The Morgan fingerprint density at radius 1 is 0.964 bits per heavy atom. The summed E-state index contributed by atoms with van der Waals surface area (Å²) in [6.45, 7) is 6.39. The second-order valence-electron chi connectivity index (χ2n) is 6.98. The van der Waals surface area contributed by atoms with Gasteiger partial charge in [-0.15, -0.1) is 11.8 Å². The standard InChI is InChI=1S/C24H26N2S2/c1-17-9-14-23(18(2)15-17)19(3)25-24(27)26-21-12-10-20(11-13-21)16-28-22-7-5-4-6-8-22/h4-15,19H,16H2,1-3H3,(H2,25,26,27)/t19-/m1/s1. The van der Waals surface area contributed by atoms with Crippen molar-refractivity contribution in [3.63, 3.8) is 0 Å². The lowest BCUT2D eigenvalue weighted by Gasteiger charge is -2.19. The van der Waals surface area contributed by atoms with E-state index in [-0.39, 0.29) is 6.04 Å². The first-order valence-corrected chi connectivity index (χ1v) is 10.8. The number of benzene rings is 3. The molecule has 0 fully saturated rings. The van der Waals surface area contributed by atoms with Crippen molar-refractivity contribution >= 4 is 34.8 Å². The first-order chi connectivity index (χ1) is 13.5. The van der Waals surface area contributed by atoms with Crippen LogP contribution in [0.5, 0.6) is 0 Å². The van der Waals surface area contributed by atoms with Crippen LogP contribution in [-0.4, -0.2) is 5.11 Å². The second kappa shape index (κ2) is 9.76. The first-order valence-electron chi connectivity index (χ1n) is 9.43. The van der Waals surface area contributed by atoms with Gasteiger partial charge in [0.2, 0.25) is 0 Å². The molecule has 0 aliphatic carbocycles. The van der Waals surface area contributed by atoms with Gasteiger partial charge in [0.1, 0.15) is 0 Å². The van der Waals surface area contributed by atoms with E-state index in [4.69, 9.17) is 12.2 Å². The van der Waals surface area contributed by atoms with E-state index in [1.807, 2.05) is 17.8 Å². The molecule has 0 aliphatic heterocycles. The predicted molar refractivity (Wildman–Crippen MR) is 126 cm³/mol. The highest BCUT2D eigenvalue weighted by Crippen LogP contribution is 2.23. The quantitative estimate of drug-likeness (QED) is 0.354. The van der Waals surface area contributed by atoms with Gasteiger partial charge in [0.25, 0.3) is 0 Å². The third-order valence-corrected chi connectivity index (χ3v) is 5.90. The Morgan fingerprint density at radius 2 is 1.68 bits per heavy atom. The summed E-state index contributed by atoms with van der Waals surface area (Å²) in [4.78, 5) is 1.29. The molecule has 3 aromatic carbocycles. The molecule has 0 saturated carbocycles. The van der Waals surface area contributed by atoms with Gasteiger partial charge in [-0.1, -0.05) is 54.1 Å². The Hall–Kier alpha value is -2.30. The normalized spacial score (nSPS) is 11.7. The van der Waals surface area contributed by atoms with E-state index in [0.29, 0.717) is 5.11 Å². The number of anilines is 1. The molecular formula is C24H26N2S2. The molecular weight excluding hydrogens is 380 g/mol. The number of aryl methyl sites for hydroxylation is 2. The molecule has 0 aliphatic rings. The zero-order valence-electron chi connectivity index (χ0n) is 16.5. The fourth-order valence-electron chi connectivity index (χ4n) is 3.12. The molecule has 0 amide bonds. The molecule has 2 nitrogen and oxygen atoms in total. The monoisotopic (exact) mass is 406 g/mol. The van der Waals surface area contributed by atoms with Crippen molar-refractivity contribution < 1.29 is 0 Å². The van der Waals surface area contributed by atoms with Crippen LogP contribution in [-0.2, 0) is 5.75 Å². The summed E-state index contributed by atoms with van der Waals surface area (Å²) < 4.78 is 0. The molecule has 144 valence electrons. The van der Waals surface area contributed by atoms with Gasteiger partial charge in [-0.25, -0.2) is 0 Å². The number of rotatable bonds is 6. The van der Waals surface area contributed by atoms with Crippen LogP contribution in [0.25, 0.3) is 0 Å². The molecule has 0 saturated heterocycles. The van der Waals surface area contributed by atoms with Gasteiger partial charge in [-0.3, -0.25) is 0 Å². The van der Waals surface area contributed by atoms with E-state index in [9.17, 15) is 0 Å². The van der Waals surface area contributed by atoms with Gasteiger partial charge in [-0.05, 0) is 73.9 Å². The van der Waals surface area contributed by atoms with E-state index in [2.05, 4.69) is 98.1 Å². The van der Waals surface area contributed by atoms with Crippen LogP contribution in [0.4, 0.5) is 5.69 Å².